The minimum absolute atomic E-state index is 0.106. The summed E-state index contributed by atoms with van der Waals surface area (Å²) in [5.74, 6) is -0.106. The summed E-state index contributed by atoms with van der Waals surface area (Å²) in [7, 11) is 0. The smallest absolute Gasteiger partial charge is 0.251 e. The van der Waals surface area contributed by atoms with Crippen LogP contribution in [0.5, 0.6) is 0 Å². The zero-order chi connectivity index (χ0) is 16.1. The van der Waals surface area contributed by atoms with Crippen molar-refractivity contribution >= 4 is 16.9 Å². The molecule has 3 rings (SSSR count). The van der Waals surface area contributed by atoms with Crippen LogP contribution in [-0.4, -0.2) is 30.6 Å². The summed E-state index contributed by atoms with van der Waals surface area (Å²) in [5, 5.41) is 3.78. The molecule has 5 heteroatoms. The third-order valence-corrected chi connectivity index (χ3v) is 3.54. The zero-order valence-electron chi connectivity index (χ0n) is 12.9. The molecular formula is C18H18N2O3. The topological polar surface area (TPSA) is 64.4 Å². The molecule has 0 saturated carbocycles. The second-order valence-corrected chi connectivity index (χ2v) is 5.02. The van der Waals surface area contributed by atoms with Crippen LogP contribution in [-0.2, 0) is 4.74 Å². The minimum atomic E-state index is -0.106. The lowest BCUT2D eigenvalue weighted by Crippen LogP contribution is -2.27. The lowest BCUT2D eigenvalue weighted by molar-refractivity contribution is 0.0922. The van der Waals surface area contributed by atoms with Crippen molar-refractivity contribution in [2.75, 3.05) is 19.8 Å². The van der Waals surface area contributed by atoms with Crippen LogP contribution in [0, 0.1) is 0 Å². The summed E-state index contributed by atoms with van der Waals surface area (Å²) in [5.41, 5.74) is 3.21. The third kappa shape index (κ3) is 3.40. The number of nitrogens with zero attached hydrogens (tertiary/aromatic N) is 1. The molecule has 5 nitrogen and oxygen atoms in total. The van der Waals surface area contributed by atoms with Crippen molar-refractivity contribution in [1.29, 1.82) is 0 Å². The number of aromatic nitrogens is 1. The van der Waals surface area contributed by atoms with Crippen molar-refractivity contribution in [3.05, 3.63) is 54.4 Å². The van der Waals surface area contributed by atoms with Gasteiger partial charge in [-0.1, -0.05) is 12.1 Å². The predicted molar refractivity (Wildman–Crippen MR) is 88.3 cm³/mol. The van der Waals surface area contributed by atoms with Crippen molar-refractivity contribution in [2.45, 2.75) is 6.92 Å². The normalized spacial score (nSPS) is 10.8. The fourth-order valence-corrected chi connectivity index (χ4v) is 2.39. The van der Waals surface area contributed by atoms with Crippen LogP contribution >= 0.6 is 0 Å². The number of carbonyl (C=O) groups excluding carboxylic acids is 1. The third-order valence-electron chi connectivity index (χ3n) is 3.54. The minimum Gasteiger partial charge on any atom is -0.464 e. The van der Waals surface area contributed by atoms with E-state index in [1.165, 1.54) is 0 Å². The summed E-state index contributed by atoms with van der Waals surface area (Å²) in [6.45, 7) is 3.60. The monoisotopic (exact) mass is 310 g/mol. The first kappa shape index (κ1) is 15.2. The molecule has 0 saturated heterocycles. The van der Waals surface area contributed by atoms with Gasteiger partial charge in [-0.2, -0.15) is 0 Å². The zero-order valence-corrected chi connectivity index (χ0v) is 12.9. The molecule has 3 aromatic rings. The Morgan fingerprint density at radius 1 is 1.22 bits per heavy atom. The van der Waals surface area contributed by atoms with E-state index in [4.69, 9.17) is 9.15 Å². The molecule has 2 heterocycles. The molecule has 0 atom stereocenters. The van der Waals surface area contributed by atoms with E-state index >= 15 is 0 Å². The number of hydrogen-bond acceptors (Lipinski definition) is 4. The fraction of sp³-hybridized carbons (Fsp3) is 0.222. The van der Waals surface area contributed by atoms with Gasteiger partial charge in [-0.3, -0.25) is 9.78 Å². The van der Waals surface area contributed by atoms with Gasteiger partial charge >= 0.3 is 0 Å². The molecule has 0 aliphatic carbocycles. The van der Waals surface area contributed by atoms with Gasteiger partial charge in [-0.05, 0) is 31.2 Å². The van der Waals surface area contributed by atoms with Crippen LogP contribution < -0.4 is 5.32 Å². The molecule has 1 amide bonds. The van der Waals surface area contributed by atoms with Crippen molar-refractivity contribution in [3.8, 4) is 11.3 Å². The number of rotatable bonds is 6. The summed E-state index contributed by atoms with van der Waals surface area (Å²) in [6.07, 6.45) is 3.37. The number of furan rings is 1. The maximum absolute atomic E-state index is 12.0. The molecule has 0 radical (unpaired) electrons. The summed E-state index contributed by atoms with van der Waals surface area (Å²) < 4.78 is 10.6. The number of nitrogens with one attached hydrogen (secondary N) is 1. The maximum atomic E-state index is 12.0. The fourth-order valence-electron chi connectivity index (χ4n) is 2.39. The number of fused-ring (bicyclic) bond motifs is 1. The van der Waals surface area contributed by atoms with Gasteiger partial charge < -0.3 is 14.5 Å². The van der Waals surface area contributed by atoms with Crippen LogP contribution in [0.2, 0.25) is 0 Å². The van der Waals surface area contributed by atoms with E-state index in [1.807, 2.05) is 31.2 Å². The lowest BCUT2D eigenvalue weighted by atomic mass is 10.1. The Labute approximate surface area is 134 Å². The van der Waals surface area contributed by atoms with Crippen LogP contribution in [0.15, 0.2) is 53.3 Å². The van der Waals surface area contributed by atoms with Crippen LogP contribution in [0.25, 0.3) is 22.2 Å². The molecule has 0 bridgehead atoms. The van der Waals surface area contributed by atoms with E-state index in [0.29, 0.717) is 25.3 Å². The highest BCUT2D eigenvalue weighted by Crippen LogP contribution is 2.27. The molecule has 0 spiro atoms. The molecule has 0 unspecified atom stereocenters. The number of amides is 1. The van der Waals surface area contributed by atoms with Gasteiger partial charge in [0.15, 0.2) is 0 Å². The number of pyridine rings is 1. The Morgan fingerprint density at radius 3 is 2.83 bits per heavy atom. The van der Waals surface area contributed by atoms with E-state index in [2.05, 4.69) is 10.3 Å². The molecule has 1 N–H and O–H groups in total. The summed E-state index contributed by atoms with van der Waals surface area (Å²) in [6, 6.07) is 11.1. The van der Waals surface area contributed by atoms with Crippen LogP contribution in [0.3, 0.4) is 0 Å². The molecule has 0 aliphatic heterocycles. The Morgan fingerprint density at radius 2 is 2.04 bits per heavy atom. The van der Waals surface area contributed by atoms with E-state index in [-0.39, 0.29) is 5.91 Å². The Balaban J connectivity index is 1.74. The van der Waals surface area contributed by atoms with Gasteiger partial charge in [0, 0.05) is 35.9 Å². The Kier molecular flexibility index (Phi) is 4.68. The molecule has 0 aliphatic rings. The van der Waals surface area contributed by atoms with Gasteiger partial charge in [-0.15, -0.1) is 0 Å². The highest BCUT2D eigenvalue weighted by molar-refractivity contribution is 5.96. The predicted octanol–water partition coefficient (Wildman–Crippen LogP) is 3.26. The van der Waals surface area contributed by atoms with Gasteiger partial charge in [0.2, 0.25) is 0 Å². The van der Waals surface area contributed by atoms with Gasteiger partial charge in [0.05, 0.1) is 18.6 Å². The first-order valence-corrected chi connectivity index (χ1v) is 7.58. The van der Waals surface area contributed by atoms with Gasteiger partial charge in [0.25, 0.3) is 5.91 Å². The van der Waals surface area contributed by atoms with E-state index in [0.717, 1.165) is 22.2 Å². The summed E-state index contributed by atoms with van der Waals surface area (Å²) in [4.78, 5) is 16.4. The summed E-state index contributed by atoms with van der Waals surface area (Å²) >= 11 is 0. The van der Waals surface area contributed by atoms with Crippen molar-refractivity contribution in [1.82, 2.24) is 10.3 Å². The van der Waals surface area contributed by atoms with Crippen LogP contribution in [0.4, 0.5) is 0 Å². The first-order valence-electron chi connectivity index (χ1n) is 7.58. The number of hydrogen-bond donors (Lipinski definition) is 1. The largest absolute Gasteiger partial charge is 0.464 e. The molecule has 0 fully saturated rings. The van der Waals surface area contributed by atoms with E-state index < -0.39 is 0 Å². The van der Waals surface area contributed by atoms with Crippen LogP contribution in [0.1, 0.15) is 17.3 Å². The second-order valence-electron chi connectivity index (χ2n) is 5.02. The molecule has 118 valence electrons. The SMILES string of the molecule is CCOCCNC(=O)c1ccc(-c2nccc3occc23)cc1. The highest BCUT2D eigenvalue weighted by atomic mass is 16.5. The number of ether oxygens (including phenoxy) is 1. The van der Waals surface area contributed by atoms with Gasteiger partial charge in [-0.25, -0.2) is 0 Å². The average Bonchev–Trinajstić information content (AvgIpc) is 3.07. The Hall–Kier alpha value is -2.66. The molecule has 1 aromatic carbocycles. The second kappa shape index (κ2) is 7.07. The Bertz CT molecular complexity index is 793. The lowest BCUT2D eigenvalue weighted by Gasteiger charge is -2.07. The number of benzene rings is 1. The van der Waals surface area contributed by atoms with Crippen molar-refractivity contribution < 1.29 is 13.9 Å². The maximum Gasteiger partial charge on any atom is 0.251 e. The highest BCUT2D eigenvalue weighted by Gasteiger charge is 2.09. The van der Waals surface area contributed by atoms with E-state index in [1.54, 1.807) is 24.6 Å². The molecular weight excluding hydrogens is 292 g/mol. The van der Waals surface area contributed by atoms with Crippen molar-refractivity contribution in [2.24, 2.45) is 0 Å². The van der Waals surface area contributed by atoms with Gasteiger partial charge in [0.1, 0.15) is 5.58 Å². The standard InChI is InChI=1S/C18H18N2O3/c1-2-22-12-10-20-18(21)14-5-3-13(4-6-14)17-15-8-11-23-16(15)7-9-19-17/h3-9,11H,2,10,12H2,1H3,(H,20,21). The molecule has 2 aromatic heterocycles. The van der Waals surface area contributed by atoms with E-state index in [9.17, 15) is 4.79 Å². The first-order chi connectivity index (χ1) is 11.3. The quantitative estimate of drug-likeness (QED) is 0.710. The number of carbonyl (C=O) groups is 1. The average molecular weight is 310 g/mol. The van der Waals surface area contributed by atoms with Crippen molar-refractivity contribution in [3.63, 3.8) is 0 Å². The molecule has 23 heavy (non-hydrogen) atoms.